The Bertz CT molecular complexity index is 261. The van der Waals surface area contributed by atoms with Gasteiger partial charge in [0.1, 0.15) is 6.04 Å². The molecule has 1 saturated heterocycles. The Hall–Kier alpha value is -0.650. The Morgan fingerprint density at radius 3 is 2.78 bits per heavy atom. The van der Waals surface area contributed by atoms with Gasteiger partial charge in [0.2, 0.25) is 0 Å². The van der Waals surface area contributed by atoms with Crippen LogP contribution in [-0.4, -0.2) is 62.4 Å². The first-order chi connectivity index (χ1) is 8.60. The monoisotopic (exact) mass is 258 g/mol. The summed E-state index contributed by atoms with van der Waals surface area (Å²) < 4.78 is 10.6. The zero-order chi connectivity index (χ0) is 13.5. The summed E-state index contributed by atoms with van der Waals surface area (Å²) in [7, 11) is 2.04. The Kier molecular flexibility index (Phi) is 6.60. The third-order valence-electron chi connectivity index (χ3n) is 3.39. The standard InChI is InChI=1S/C13H26N2O3/c1-5-14-11(13(16)17-6-2)9-15(4)12-7-8-18-10(12)3/h10-12,14H,5-9H2,1-4H3. The van der Waals surface area contributed by atoms with Crippen LogP contribution in [0.3, 0.4) is 0 Å². The van der Waals surface area contributed by atoms with Crippen LogP contribution in [0.5, 0.6) is 0 Å². The molecule has 1 aliphatic heterocycles. The maximum absolute atomic E-state index is 11.8. The molecule has 0 aromatic carbocycles. The van der Waals surface area contributed by atoms with Crippen molar-refractivity contribution in [2.45, 2.75) is 45.4 Å². The molecule has 0 aromatic heterocycles. The predicted molar refractivity (Wildman–Crippen MR) is 70.5 cm³/mol. The Labute approximate surface area is 110 Å². The van der Waals surface area contributed by atoms with Gasteiger partial charge >= 0.3 is 5.97 Å². The summed E-state index contributed by atoms with van der Waals surface area (Å²) >= 11 is 0. The minimum atomic E-state index is -0.257. The normalized spacial score (nSPS) is 25.4. The molecule has 0 amide bonds. The molecule has 0 saturated carbocycles. The average molecular weight is 258 g/mol. The van der Waals surface area contributed by atoms with E-state index in [-0.39, 0.29) is 18.1 Å². The summed E-state index contributed by atoms with van der Waals surface area (Å²) in [5.74, 6) is -0.169. The molecule has 3 unspecified atom stereocenters. The van der Waals surface area contributed by atoms with E-state index in [0.717, 1.165) is 19.6 Å². The van der Waals surface area contributed by atoms with Gasteiger partial charge in [-0.1, -0.05) is 6.92 Å². The van der Waals surface area contributed by atoms with E-state index in [1.165, 1.54) is 0 Å². The maximum Gasteiger partial charge on any atom is 0.324 e. The number of hydrogen-bond acceptors (Lipinski definition) is 5. The van der Waals surface area contributed by atoms with Crippen LogP contribution in [0.2, 0.25) is 0 Å². The number of likely N-dealkylation sites (N-methyl/N-ethyl adjacent to an activating group) is 2. The van der Waals surface area contributed by atoms with Crippen molar-refractivity contribution >= 4 is 5.97 Å². The first kappa shape index (κ1) is 15.4. The van der Waals surface area contributed by atoms with E-state index >= 15 is 0 Å². The number of carbonyl (C=O) groups excluding carboxylic acids is 1. The van der Waals surface area contributed by atoms with E-state index in [1.54, 1.807) is 0 Å². The summed E-state index contributed by atoms with van der Waals surface area (Å²) in [6.07, 6.45) is 1.26. The lowest BCUT2D eigenvalue weighted by Gasteiger charge is -2.29. The molecule has 5 nitrogen and oxygen atoms in total. The third-order valence-corrected chi connectivity index (χ3v) is 3.39. The highest BCUT2D eigenvalue weighted by Gasteiger charge is 2.30. The zero-order valence-corrected chi connectivity index (χ0v) is 11.9. The summed E-state index contributed by atoms with van der Waals surface area (Å²) in [4.78, 5) is 14.0. The fourth-order valence-corrected chi connectivity index (χ4v) is 2.43. The van der Waals surface area contributed by atoms with Gasteiger partial charge in [-0.3, -0.25) is 9.69 Å². The molecule has 18 heavy (non-hydrogen) atoms. The molecule has 0 aromatic rings. The number of rotatable bonds is 7. The molecule has 1 heterocycles. The molecule has 106 valence electrons. The molecule has 1 rings (SSSR count). The predicted octanol–water partition coefficient (Wildman–Crippen LogP) is 0.637. The van der Waals surface area contributed by atoms with Crippen molar-refractivity contribution in [2.75, 3.05) is 33.4 Å². The van der Waals surface area contributed by atoms with Gasteiger partial charge in [0, 0.05) is 19.2 Å². The highest BCUT2D eigenvalue weighted by Crippen LogP contribution is 2.18. The van der Waals surface area contributed by atoms with Crippen molar-refractivity contribution in [3.8, 4) is 0 Å². The molecular formula is C13H26N2O3. The second kappa shape index (κ2) is 7.71. The molecule has 5 heteroatoms. The minimum absolute atomic E-state index is 0.169. The van der Waals surface area contributed by atoms with Crippen molar-refractivity contribution in [1.82, 2.24) is 10.2 Å². The van der Waals surface area contributed by atoms with Crippen molar-refractivity contribution in [3.63, 3.8) is 0 Å². The molecule has 1 aliphatic rings. The van der Waals surface area contributed by atoms with E-state index in [1.807, 2.05) is 20.9 Å². The molecule has 1 fully saturated rings. The van der Waals surface area contributed by atoms with Crippen molar-refractivity contribution in [3.05, 3.63) is 0 Å². The number of esters is 1. The van der Waals surface area contributed by atoms with Crippen LogP contribution in [0.25, 0.3) is 0 Å². The topological polar surface area (TPSA) is 50.8 Å². The second-order valence-electron chi connectivity index (χ2n) is 4.73. The van der Waals surface area contributed by atoms with Crippen LogP contribution in [-0.2, 0) is 14.3 Å². The lowest BCUT2D eigenvalue weighted by atomic mass is 10.1. The van der Waals surface area contributed by atoms with E-state index in [2.05, 4.69) is 17.1 Å². The minimum Gasteiger partial charge on any atom is -0.465 e. The van der Waals surface area contributed by atoms with E-state index in [0.29, 0.717) is 19.2 Å². The number of ether oxygens (including phenoxy) is 2. The van der Waals surface area contributed by atoms with Crippen molar-refractivity contribution < 1.29 is 14.3 Å². The first-order valence-corrected chi connectivity index (χ1v) is 6.82. The van der Waals surface area contributed by atoms with Crippen LogP contribution in [0, 0.1) is 0 Å². The summed E-state index contributed by atoms with van der Waals surface area (Å²) in [5.41, 5.74) is 0. The van der Waals surface area contributed by atoms with Gasteiger partial charge in [-0.2, -0.15) is 0 Å². The van der Waals surface area contributed by atoms with Crippen LogP contribution in [0.15, 0.2) is 0 Å². The fraction of sp³-hybridized carbons (Fsp3) is 0.923. The van der Waals surface area contributed by atoms with Crippen LogP contribution < -0.4 is 5.32 Å². The fourth-order valence-electron chi connectivity index (χ4n) is 2.43. The molecule has 0 aliphatic carbocycles. The van der Waals surface area contributed by atoms with Gasteiger partial charge in [-0.15, -0.1) is 0 Å². The molecule has 0 spiro atoms. The van der Waals surface area contributed by atoms with Crippen LogP contribution in [0.1, 0.15) is 27.2 Å². The lowest BCUT2D eigenvalue weighted by Crippen LogP contribution is -2.49. The highest BCUT2D eigenvalue weighted by molar-refractivity contribution is 5.76. The van der Waals surface area contributed by atoms with Gasteiger partial charge in [0.15, 0.2) is 0 Å². The molecule has 0 radical (unpaired) electrons. The second-order valence-corrected chi connectivity index (χ2v) is 4.73. The van der Waals surface area contributed by atoms with E-state index < -0.39 is 0 Å². The van der Waals surface area contributed by atoms with Crippen molar-refractivity contribution in [1.29, 1.82) is 0 Å². The number of nitrogens with zero attached hydrogens (tertiary/aromatic N) is 1. The summed E-state index contributed by atoms with van der Waals surface area (Å²) in [6.45, 7) is 8.56. The molecular weight excluding hydrogens is 232 g/mol. The summed E-state index contributed by atoms with van der Waals surface area (Å²) in [5, 5.41) is 3.18. The third kappa shape index (κ3) is 4.23. The van der Waals surface area contributed by atoms with Crippen molar-refractivity contribution in [2.24, 2.45) is 0 Å². The number of nitrogens with one attached hydrogen (secondary N) is 1. The van der Waals surface area contributed by atoms with Gasteiger partial charge in [-0.25, -0.2) is 0 Å². The molecule has 1 N–H and O–H groups in total. The number of hydrogen-bond donors (Lipinski definition) is 1. The van der Waals surface area contributed by atoms with E-state index in [9.17, 15) is 4.79 Å². The smallest absolute Gasteiger partial charge is 0.324 e. The van der Waals surface area contributed by atoms with Gasteiger partial charge in [0.05, 0.1) is 12.7 Å². The Morgan fingerprint density at radius 1 is 1.56 bits per heavy atom. The Balaban J connectivity index is 2.51. The van der Waals surface area contributed by atoms with E-state index in [4.69, 9.17) is 9.47 Å². The molecule has 3 atom stereocenters. The van der Waals surface area contributed by atoms with Gasteiger partial charge < -0.3 is 14.8 Å². The van der Waals surface area contributed by atoms with Gasteiger partial charge in [-0.05, 0) is 33.9 Å². The lowest BCUT2D eigenvalue weighted by molar-refractivity contribution is -0.146. The van der Waals surface area contributed by atoms with Crippen LogP contribution in [0.4, 0.5) is 0 Å². The van der Waals surface area contributed by atoms with Crippen LogP contribution >= 0.6 is 0 Å². The largest absolute Gasteiger partial charge is 0.465 e. The van der Waals surface area contributed by atoms with Gasteiger partial charge in [0.25, 0.3) is 0 Å². The molecule has 0 bridgehead atoms. The maximum atomic E-state index is 11.8. The highest BCUT2D eigenvalue weighted by atomic mass is 16.5. The average Bonchev–Trinajstić information content (AvgIpc) is 2.75. The SMILES string of the molecule is CCNC(CN(C)C1CCOC1C)C(=O)OCC. The first-order valence-electron chi connectivity index (χ1n) is 6.82. The Morgan fingerprint density at radius 2 is 2.28 bits per heavy atom. The number of carbonyl (C=O) groups is 1. The quantitative estimate of drug-likeness (QED) is 0.679. The summed E-state index contributed by atoms with van der Waals surface area (Å²) in [6, 6.07) is 0.133. The zero-order valence-electron chi connectivity index (χ0n) is 11.9.